The van der Waals surface area contributed by atoms with Gasteiger partial charge in [0, 0.05) is 25.6 Å². The van der Waals surface area contributed by atoms with Crippen molar-refractivity contribution in [3.63, 3.8) is 0 Å². The summed E-state index contributed by atoms with van der Waals surface area (Å²) >= 11 is 0. The van der Waals surface area contributed by atoms with Crippen LogP contribution in [0.5, 0.6) is 5.75 Å². The number of hydrogen-bond acceptors (Lipinski definition) is 5. The fraction of sp³-hybridized carbons (Fsp3) is 0.522. The first-order valence-electron chi connectivity index (χ1n) is 11.1. The zero-order chi connectivity index (χ0) is 21.5. The van der Waals surface area contributed by atoms with E-state index >= 15 is 0 Å². The normalized spacial score (nSPS) is 22.5. The van der Waals surface area contributed by atoms with Crippen molar-refractivity contribution in [2.24, 2.45) is 5.92 Å². The molecule has 3 heterocycles. The Morgan fingerprint density at radius 2 is 2.06 bits per heavy atom. The Morgan fingerprint density at radius 3 is 2.84 bits per heavy atom. The third kappa shape index (κ3) is 3.73. The molecule has 164 valence electrons. The summed E-state index contributed by atoms with van der Waals surface area (Å²) in [7, 11) is 1.48. The zero-order valence-corrected chi connectivity index (χ0v) is 18.0. The number of aromatic amines is 1. The minimum absolute atomic E-state index is 0.113. The summed E-state index contributed by atoms with van der Waals surface area (Å²) in [5.41, 5.74) is 1.60. The Kier molecular flexibility index (Phi) is 5.25. The summed E-state index contributed by atoms with van der Waals surface area (Å²) in [5, 5.41) is 5.07. The van der Waals surface area contributed by atoms with Crippen molar-refractivity contribution >= 4 is 11.0 Å². The first kappa shape index (κ1) is 20.2. The summed E-state index contributed by atoms with van der Waals surface area (Å²) in [4.78, 5) is 23.0. The standard InChI is InChI=1S/C23H28FN5O2/c1-14-11-28(12-15-7-8-19(24)20(9-15)31-2)13-18(14)21-26-22-17(23(30)27-21)10-25-29(22)16-5-3-4-6-16/h7-10,14,16,18H,3-6,11-13H2,1-2H3,(H,26,27,30)/t14-,18-/m1/s1. The van der Waals surface area contributed by atoms with Gasteiger partial charge in [0.25, 0.3) is 5.56 Å². The number of nitrogens with one attached hydrogen (secondary N) is 1. The lowest BCUT2D eigenvalue weighted by atomic mass is 9.97. The van der Waals surface area contributed by atoms with Gasteiger partial charge in [-0.25, -0.2) is 14.1 Å². The van der Waals surface area contributed by atoms with Gasteiger partial charge in [-0.2, -0.15) is 5.10 Å². The van der Waals surface area contributed by atoms with Gasteiger partial charge in [-0.15, -0.1) is 0 Å². The number of hydrogen-bond donors (Lipinski definition) is 1. The van der Waals surface area contributed by atoms with Gasteiger partial charge in [0.15, 0.2) is 17.2 Å². The van der Waals surface area contributed by atoms with Gasteiger partial charge in [0.1, 0.15) is 11.2 Å². The molecule has 31 heavy (non-hydrogen) atoms. The van der Waals surface area contributed by atoms with Crippen molar-refractivity contribution in [3.8, 4) is 5.75 Å². The van der Waals surface area contributed by atoms with Crippen LogP contribution in [0.2, 0.25) is 0 Å². The molecule has 5 rings (SSSR count). The Hall–Kier alpha value is -2.74. The van der Waals surface area contributed by atoms with Crippen LogP contribution in [0.4, 0.5) is 4.39 Å². The number of fused-ring (bicyclic) bond motifs is 1. The van der Waals surface area contributed by atoms with Crippen LogP contribution < -0.4 is 10.3 Å². The second-order valence-corrected chi connectivity index (χ2v) is 8.96. The molecule has 0 radical (unpaired) electrons. The number of aromatic nitrogens is 4. The predicted octanol–water partition coefficient (Wildman–Crippen LogP) is 3.62. The maximum Gasteiger partial charge on any atom is 0.262 e. The highest BCUT2D eigenvalue weighted by Gasteiger charge is 2.33. The molecule has 1 aliphatic heterocycles. The zero-order valence-electron chi connectivity index (χ0n) is 18.0. The van der Waals surface area contributed by atoms with Gasteiger partial charge in [-0.1, -0.05) is 25.8 Å². The largest absolute Gasteiger partial charge is 0.494 e. The van der Waals surface area contributed by atoms with Crippen molar-refractivity contribution < 1.29 is 9.13 Å². The van der Waals surface area contributed by atoms with Gasteiger partial charge >= 0.3 is 0 Å². The van der Waals surface area contributed by atoms with E-state index in [0.717, 1.165) is 37.3 Å². The molecule has 0 spiro atoms. The SMILES string of the molecule is COc1cc(CN2C[C@@H](C)[C@H](c3nc4c(cnn4C4CCCC4)c(=O)[nH]3)C2)ccc1F. The van der Waals surface area contributed by atoms with Crippen LogP contribution in [0.25, 0.3) is 11.0 Å². The Labute approximate surface area is 180 Å². The van der Waals surface area contributed by atoms with E-state index in [1.165, 1.54) is 26.0 Å². The van der Waals surface area contributed by atoms with Crippen molar-refractivity contribution in [1.29, 1.82) is 0 Å². The highest BCUT2D eigenvalue weighted by atomic mass is 19.1. The number of benzene rings is 1. The maximum atomic E-state index is 13.7. The fourth-order valence-electron chi connectivity index (χ4n) is 5.16. The fourth-order valence-corrected chi connectivity index (χ4v) is 5.16. The summed E-state index contributed by atoms with van der Waals surface area (Å²) in [5.74, 6) is 1.12. The van der Waals surface area contributed by atoms with Crippen molar-refractivity contribution in [2.75, 3.05) is 20.2 Å². The van der Waals surface area contributed by atoms with Crippen molar-refractivity contribution in [1.82, 2.24) is 24.6 Å². The summed E-state index contributed by atoms with van der Waals surface area (Å²) in [6.45, 7) is 4.55. The molecule has 0 unspecified atom stereocenters. The number of methoxy groups -OCH3 is 1. The molecule has 1 aliphatic carbocycles. The lowest BCUT2D eigenvalue weighted by Crippen LogP contribution is -2.21. The van der Waals surface area contributed by atoms with Crippen LogP contribution in [0.15, 0.2) is 29.2 Å². The minimum Gasteiger partial charge on any atom is -0.494 e. The molecule has 2 aliphatic rings. The van der Waals surface area contributed by atoms with Gasteiger partial charge < -0.3 is 9.72 Å². The second-order valence-electron chi connectivity index (χ2n) is 8.96. The van der Waals surface area contributed by atoms with E-state index < -0.39 is 0 Å². The van der Waals surface area contributed by atoms with Gasteiger partial charge in [-0.05, 0) is 36.5 Å². The van der Waals surface area contributed by atoms with Crippen LogP contribution in [0.3, 0.4) is 0 Å². The smallest absolute Gasteiger partial charge is 0.262 e. The maximum absolute atomic E-state index is 13.7. The third-order valence-electron chi connectivity index (χ3n) is 6.81. The second kappa shape index (κ2) is 8.07. The molecule has 3 aromatic rings. The van der Waals surface area contributed by atoms with E-state index in [0.29, 0.717) is 29.5 Å². The minimum atomic E-state index is -0.354. The molecule has 1 saturated heterocycles. The summed E-state index contributed by atoms with van der Waals surface area (Å²) in [6.07, 6.45) is 6.23. The molecule has 2 aromatic heterocycles. The topological polar surface area (TPSA) is 76.0 Å². The van der Waals surface area contributed by atoms with Crippen molar-refractivity contribution in [3.05, 3.63) is 52.0 Å². The lowest BCUT2D eigenvalue weighted by molar-refractivity contribution is 0.316. The number of rotatable bonds is 5. The predicted molar refractivity (Wildman–Crippen MR) is 116 cm³/mol. The average Bonchev–Trinajstić information content (AvgIpc) is 3.49. The number of nitrogens with zero attached hydrogens (tertiary/aromatic N) is 4. The van der Waals surface area contributed by atoms with Crippen LogP contribution in [-0.4, -0.2) is 44.8 Å². The molecule has 0 bridgehead atoms. The van der Waals surface area contributed by atoms with Gasteiger partial charge in [0.05, 0.1) is 19.3 Å². The van der Waals surface area contributed by atoms with E-state index in [1.807, 2.05) is 4.68 Å². The van der Waals surface area contributed by atoms with Gasteiger partial charge in [0.2, 0.25) is 0 Å². The molecular formula is C23H28FN5O2. The first-order valence-corrected chi connectivity index (χ1v) is 11.1. The van der Waals surface area contributed by atoms with Crippen LogP contribution in [0.1, 0.15) is 56.0 Å². The monoisotopic (exact) mass is 425 g/mol. The molecule has 7 nitrogen and oxygen atoms in total. The molecule has 1 saturated carbocycles. The molecule has 2 atom stereocenters. The van der Waals surface area contributed by atoms with Gasteiger partial charge in [-0.3, -0.25) is 9.69 Å². The third-order valence-corrected chi connectivity index (χ3v) is 6.81. The van der Waals surface area contributed by atoms with E-state index in [-0.39, 0.29) is 23.0 Å². The number of halogens is 1. The molecule has 2 fully saturated rings. The lowest BCUT2D eigenvalue weighted by Gasteiger charge is -2.17. The summed E-state index contributed by atoms with van der Waals surface area (Å²) in [6, 6.07) is 5.33. The number of ether oxygens (including phenoxy) is 1. The van der Waals surface area contributed by atoms with E-state index in [1.54, 1.807) is 18.3 Å². The van der Waals surface area contributed by atoms with E-state index in [9.17, 15) is 9.18 Å². The van der Waals surface area contributed by atoms with Crippen LogP contribution in [0, 0.1) is 11.7 Å². The summed E-state index contributed by atoms with van der Waals surface area (Å²) < 4.78 is 20.8. The van der Waals surface area contributed by atoms with Crippen LogP contribution in [-0.2, 0) is 6.54 Å². The average molecular weight is 426 g/mol. The first-order chi connectivity index (χ1) is 15.0. The molecule has 8 heteroatoms. The number of H-pyrrole nitrogens is 1. The Balaban J connectivity index is 1.40. The van der Waals surface area contributed by atoms with E-state index in [2.05, 4.69) is 21.9 Å². The Bertz CT molecular complexity index is 1150. The van der Waals surface area contributed by atoms with Crippen molar-refractivity contribution in [2.45, 2.75) is 51.1 Å². The quantitative estimate of drug-likeness (QED) is 0.676. The van der Waals surface area contributed by atoms with E-state index in [4.69, 9.17) is 9.72 Å². The van der Waals surface area contributed by atoms with Crippen LogP contribution >= 0.6 is 0 Å². The molecule has 1 N–H and O–H groups in total. The molecule has 1 aromatic carbocycles. The number of likely N-dealkylation sites (tertiary alicyclic amines) is 1. The highest BCUT2D eigenvalue weighted by molar-refractivity contribution is 5.73. The Morgan fingerprint density at radius 1 is 1.26 bits per heavy atom. The highest BCUT2D eigenvalue weighted by Crippen LogP contribution is 2.34. The molecular weight excluding hydrogens is 397 g/mol. The molecule has 0 amide bonds.